The molecule has 0 saturated carbocycles. The molecule has 0 N–H and O–H groups in total. The van der Waals surface area contributed by atoms with Gasteiger partial charge in [0.15, 0.2) is 0 Å². The smallest absolute Gasteiger partial charge is 0.241 e. The first-order valence-corrected chi connectivity index (χ1v) is 6.24. The SMILES string of the molecule is CC=CC(C)(OCCCC)[S+](C)[O-]. The van der Waals surface area contributed by atoms with Crippen molar-refractivity contribution in [1.29, 1.82) is 0 Å². The van der Waals surface area contributed by atoms with Gasteiger partial charge in [-0.25, -0.2) is 0 Å². The molecule has 0 aliphatic rings. The van der Waals surface area contributed by atoms with E-state index in [4.69, 9.17) is 4.74 Å². The molecule has 78 valence electrons. The van der Waals surface area contributed by atoms with Crippen LogP contribution in [0.15, 0.2) is 12.2 Å². The van der Waals surface area contributed by atoms with E-state index >= 15 is 0 Å². The lowest BCUT2D eigenvalue weighted by Crippen LogP contribution is -2.35. The van der Waals surface area contributed by atoms with Crippen molar-refractivity contribution in [2.45, 2.75) is 38.5 Å². The van der Waals surface area contributed by atoms with Crippen LogP contribution in [0.1, 0.15) is 33.6 Å². The average molecular weight is 204 g/mol. The van der Waals surface area contributed by atoms with Gasteiger partial charge in [-0.3, -0.25) is 0 Å². The van der Waals surface area contributed by atoms with Crippen molar-refractivity contribution >= 4 is 11.2 Å². The molecule has 2 atom stereocenters. The molecule has 0 aromatic rings. The number of unbranched alkanes of at least 4 members (excludes halogenated alkanes) is 1. The molecule has 0 fully saturated rings. The first-order valence-electron chi connectivity index (χ1n) is 4.68. The summed E-state index contributed by atoms with van der Waals surface area (Å²) in [6, 6.07) is 0. The summed E-state index contributed by atoms with van der Waals surface area (Å²) in [5.74, 6) is 0. The zero-order valence-corrected chi connectivity index (χ0v) is 9.82. The molecule has 3 heteroatoms. The highest BCUT2D eigenvalue weighted by Gasteiger charge is 2.31. The first kappa shape index (κ1) is 13.0. The van der Waals surface area contributed by atoms with Crippen LogP contribution < -0.4 is 0 Å². The van der Waals surface area contributed by atoms with Gasteiger partial charge in [-0.05, 0) is 30.6 Å². The molecule has 0 rings (SSSR count). The Morgan fingerprint density at radius 2 is 2.15 bits per heavy atom. The van der Waals surface area contributed by atoms with Crippen LogP contribution in [-0.2, 0) is 15.9 Å². The summed E-state index contributed by atoms with van der Waals surface area (Å²) in [7, 11) is 0. The van der Waals surface area contributed by atoms with Gasteiger partial charge >= 0.3 is 0 Å². The van der Waals surface area contributed by atoms with Gasteiger partial charge in [0.2, 0.25) is 4.93 Å². The van der Waals surface area contributed by atoms with Crippen LogP contribution in [0.25, 0.3) is 0 Å². The van der Waals surface area contributed by atoms with Crippen LogP contribution in [0.5, 0.6) is 0 Å². The summed E-state index contributed by atoms with van der Waals surface area (Å²) in [4.78, 5) is -0.607. The van der Waals surface area contributed by atoms with E-state index in [-0.39, 0.29) is 0 Å². The number of allylic oxidation sites excluding steroid dienone is 1. The van der Waals surface area contributed by atoms with E-state index in [1.807, 2.05) is 26.0 Å². The number of hydrogen-bond donors (Lipinski definition) is 0. The molecule has 13 heavy (non-hydrogen) atoms. The summed E-state index contributed by atoms with van der Waals surface area (Å²) >= 11 is -0.981. The maximum atomic E-state index is 11.4. The van der Waals surface area contributed by atoms with Gasteiger partial charge in [0.1, 0.15) is 0 Å². The Hall–Kier alpha value is 0.01000. The second-order valence-corrected chi connectivity index (χ2v) is 4.89. The van der Waals surface area contributed by atoms with Gasteiger partial charge in [-0.15, -0.1) is 0 Å². The van der Waals surface area contributed by atoms with Crippen LogP contribution in [0.4, 0.5) is 0 Å². The molecular formula is C10H20O2S. The highest BCUT2D eigenvalue weighted by Crippen LogP contribution is 2.20. The zero-order chi connectivity index (χ0) is 10.3. The minimum atomic E-state index is -0.981. The molecule has 0 heterocycles. The van der Waals surface area contributed by atoms with Crippen LogP contribution in [0.2, 0.25) is 0 Å². The van der Waals surface area contributed by atoms with E-state index < -0.39 is 16.1 Å². The van der Waals surface area contributed by atoms with E-state index in [2.05, 4.69) is 6.92 Å². The quantitative estimate of drug-likeness (QED) is 0.378. The standard InChI is InChI=1S/C10H20O2S/c1-5-7-9-12-10(3,8-6-2)13(4)11/h6,8H,5,7,9H2,1-4H3. The third kappa shape index (κ3) is 4.69. The second-order valence-electron chi connectivity index (χ2n) is 3.17. The largest absolute Gasteiger partial charge is 0.614 e. The normalized spacial score (nSPS) is 18.8. The molecule has 0 amide bonds. The Labute approximate surface area is 84.5 Å². The monoisotopic (exact) mass is 204 g/mol. The highest BCUT2D eigenvalue weighted by atomic mass is 32.2. The Morgan fingerprint density at radius 1 is 1.54 bits per heavy atom. The topological polar surface area (TPSA) is 32.3 Å². The van der Waals surface area contributed by atoms with Crippen molar-refractivity contribution < 1.29 is 9.29 Å². The van der Waals surface area contributed by atoms with Gasteiger partial charge in [0, 0.05) is 6.92 Å². The fourth-order valence-electron chi connectivity index (χ4n) is 0.949. The van der Waals surface area contributed by atoms with Crippen molar-refractivity contribution in [3.8, 4) is 0 Å². The molecule has 0 saturated heterocycles. The second kappa shape index (κ2) is 6.46. The van der Waals surface area contributed by atoms with E-state index in [9.17, 15) is 4.55 Å². The zero-order valence-electron chi connectivity index (χ0n) is 9.00. The lowest BCUT2D eigenvalue weighted by atomic mass is 10.3. The maximum absolute atomic E-state index is 11.4. The third-order valence-corrected chi connectivity index (χ3v) is 3.32. The molecule has 0 aliphatic carbocycles. The Kier molecular flexibility index (Phi) is 6.47. The van der Waals surface area contributed by atoms with E-state index in [1.54, 1.807) is 6.26 Å². The lowest BCUT2D eigenvalue weighted by Gasteiger charge is -2.26. The van der Waals surface area contributed by atoms with E-state index in [0.717, 1.165) is 12.8 Å². The summed E-state index contributed by atoms with van der Waals surface area (Å²) in [6.07, 6.45) is 7.53. The summed E-state index contributed by atoms with van der Waals surface area (Å²) in [5.41, 5.74) is 0. The average Bonchev–Trinajstić information content (AvgIpc) is 2.05. The van der Waals surface area contributed by atoms with Gasteiger partial charge in [-0.2, -0.15) is 0 Å². The summed E-state index contributed by atoms with van der Waals surface area (Å²) in [6.45, 7) is 6.56. The molecular weight excluding hydrogens is 184 g/mol. The molecule has 0 aromatic carbocycles. The summed E-state index contributed by atoms with van der Waals surface area (Å²) < 4.78 is 17.0. The number of ether oxygens (including phenoxy) is 1. The molecule has 0 aromatic heterocycles. The van der Waals surface area contributed by atoms with Crippen LogP contribution >= 0.6 is 0 Å². The first-order chi connectivity index (χ1) is 6.06. The van der Waals surface area contributed by atoms with E-state index in [0.29, 0.717) is 6.61 Å². The van der Waals surface area contributed by atoms with Crippen LogP contribution in [0.3, 0.4) is 0 Å². The van der Waals surface area contributed by atoms with Crippen molar-refractivity contribution in [3.05, 3.63) is 12.2 Å². The summed E-state index contributed by atoms with van der Waals surface area (Å²) in [5, 5.41) is 0. The number of rotatable bonds is 6. The van der Waals surface area contributed by atoms with Gasteiger partial charge in [-0.1, -0.05) is 19.4 Å². The molecule has 2 nitrogen and oxygen atoms in total. The molecule has 0 bridgehead atoms. The maximum Gasteiger partial charge on any atom is 0.241 e. The molecule has 0 spiro atoms. The molecule has 2 unspecified atom stereocenters. The fourth-order valence-corrected chi connectivity index (χ4v) is 1.53. The highest BCUT2D eigenvalue weighted by molar-refractivity contribution is 7.92. The van der Waals surface area contributed by atoms with Gasteiger partial charge < -0.3 is 9.29 Å². The van der Waals surface area contributed by atoms with E-state index in [1.165, 1.54) is 0 Å². The van der Waals surface area contributed by atoms with Crippen LogP contribution in [-0.4, -0.2) is 22.3 Å². The predicted octanol–water partition coefficient (Wildman–Crippen LogP) is 2.47. The Bertz CT molecular complexity index is 157. The minimum Gasteiger partial charge on any atom is -0.614 e. The molecule has 0 aliphatic heterocycles. The lowest BCUT2D eigenvalue weighted by molar-refractivity contribution is 0.0630. The van der Waals surface area contributed by atoms with Crippen molar-refractivity contribution in [2.24, 2.45) is 0 Å². The number of hydrogen-bond acceptors (Lipinski definition) is 2. The predicted molar refractivity (Wildman–Crippen MR) is 58.1 cm³/mol. The van der Waals surface area contributed by atoms with Gasteiger partial charge in [0.25, 0.3) is 0 Å². The third-order valence-electron chi connectivity index (χ3n) is 1.93. The molecule has 0 radical (unpaired) electrons. The van der Waals surface area contributed by atoms with Crippen molar-refractivity contribution in [3.63, 3.8) is 0 Å². The Balaban J connectivity index is 4.08. The fraction of sp³-hybridized carbons (Fsp3) is 0.800. The van der Waals surface area contributed by atoms with Crippen molar-refractivity contribution in [2.75, 3.05) is 12.9 Å². The minimum absolute atomic E-state index is 0.607. The Morgan fingerprint density at radius 3 is 2.54 bits per heavy atom. The van der Waals surface area contributed by atoms with Gasteiger partial charge in [0.05, 0.1) is 12.9 Å². The van der Waals surface area contributed by atoms with Crippen LogP contribution in [0, 0.1) is 0 Å². The van der Waals surface area contributed by atoms with Crippen molar-refractivity contribution in [1.82, 2.24) is 0 Å².